The van der Waals surface area contributed by atoms with E-state index in [0.29, 0.717) is 18.1 Å². The Hall–Kier alpha value is -0.160. The summed E-state index contributed by atoms with van der Waals surface area (Å²) in [5.74, 6) is 0.524. The van der Waals surface area contributed by atoms with Crippen molar-refractivity contribution in [2.45, 2.75) is 44.9 Å². The molecular formula is C11H23NO3. The van der Waals surface area contributed by atoms with Crippen molar-refractivity contribution in [1.29, 1.82) is 0 Å². The first-order valence-corrected chi connectivity index (χ1v) is 5.76. The third-order valence-electron chi connectivity index (χ3n) is 2.97. The molecule has 90 valence electrons. The SMILES string of the molecule is CC(C)C1CC(NC(CO)CO)CCO1. The first-order chi connectivity index (χ1) is 7.17. The van der Waals surface area contributed by atoms with E-state index in [9.17, 15) is 0 Å². The lowest BCUT2D eigenvalue weighted by Gasteiger charge is -2.34. The number of aliphatic hydroxyl groups excluding tert-OH is 2. The van der Waals surface area contributed by atoms with E-state index < -0.39 is 0 Å². The molecule has 0 aromatic heterocycles. The highest BCUT2D eigenvalue weighted by Gasteiger charge is 2.25. The Morgan fingerprint density at radius 1 is 1.33 bits per heavy atom. The van der Waals surface area contributed by atoms with Crippen LogP contribution in [0.1, 0.15) is 26.7 Å². The Labute approximate surface area is 91.6 Å². The maximum absolute atomic E-state index is 8.98. The quantitative estimate of drug-likeness (QED) is 0.613. The van der Waals surface area contributed by atoms with E-state index in [-0.39, 0.29) is 19.3 Å². The summed E-state index contributed by atoms with van der Waals surface area (Å²) in [5, 5.41) is 21.2. The lowest BCUT2D eigenvalue weighted by Crippen LogP contribution is -2.47. The Balaban J connectivity index is 2.35. The summed E-state index contributed by atoms with van der Waals surface area (Å²) in [4.78, 5) is 0. The van der Waals surface area contributed by atoms with Crippen molar-refractivity contribution in [2.24, 2.45) is 5.92 Å². The molecule has 15 heavy (non-hydrogen) atoms. The maximum Gasteiger partial charge on any atom is 0.0612 e. The molecule has 1 heterocycles. The fourth-order valence-electron chi connectivity index (χ4n) is 1.94. The van der Waals surface area contributed by atoms with E-state index in [2.05, 4.69) is 19.2 Å². The molecule has 1 aliphatic heterocycles. The van der Waals surface area contributed by atoms with E-state index >= 15 is 0 Å². The zero-order chi connectivity index (χ0) is 11.3. The molecule has 2 atom stereocenters. The zero-order valence-electron chi connectivity index (χ0n) is 9.65. The van der Waals surface area contributed by atoms with Gasteiger partial charge >= 0.3 is 0 Å². The van der Waals surface area contributed by atoms with Gasteiger partial charge in [0.05, 0.1) is 25.4 Å². The number of hydrogen-bond acceptors (Lipinski definition) is 4. The molecule has 0 aliphatic carbocycles. The Morgan fingerprint density at radius 3 is 2.53 bits per heavy atom. The predicted octanol–water partition coefficient (Wildman–Crippen LogP) is 0.133. The van der Waals surface area contributed by atoms with Crippen molar-refractivity contribution < 1.29 is 14.9 Å². The molecule has 0 saturated carbocycles. The number of aliphatic hydroxyl groups is 2. The average molecular weight is 217 g/mol. The van der Waals surface area contributed by atoms with Crippen LogP contribution in [0.15, 0.2) is 0 Å². The van der Waals surface area contributed by atoms with Crippen LogP contribution >= 0.6 is 0 Å². The second-order valence-electron chi connectivity index (χ2n) is 4.60. The molecular weight excluding hydrogens is 194 g/mol. The Kier molecular flexibility index (Phi) is 5.53. The van der Waals surface area contributed by atoms with Gasteiger partial charge in [0.2, 0.25) is 0 Å². The average Bonchev–Trinajstić information content (AvgIpc) is 2.26. The predicted molar refractivity (Wildman–Crippen MR) is 58.7 cm³/mol. The molecule has 1 aliphatic rings. The van der Waals surface area contributed by atoms with Gasteiger partial charge in [-0.3, -0.25) is 0 Å². The fraction of sp³-hybridized carbons (Fsp3) is 1.00. The van der Waals surface area contributed by atoms with E-state index in [0.717, 1.165) is 19.4 Å². The molecule has 4 heteroatoms. The van der Waals surface area contributed by atoms with Gasteiger partial charge in [0, 0.05) is 12.6 Å². The molecule has 4 nitrogen and oxygen atoms in total. The number of ether oxygens (including phenoxy) is 1. The van der Waals surface area contributed by atoms with Crippen LogP contribution in [0.5, 0.6) is 0 Å². The lowest BCUT2D eigenvalue weighted by molar-refractivity contribution is -0.0281. The molecule has 0 aromatic rings. The van der Waals surface area contributed by atoms with Gasteiger partial charge in [-0.25, -0.2) is 0 Å². The molecule has 2 unspecified atom stereocenters. The highest BCUT2D eigenvalue weighted by atomic mass is 16.5. The normalized spacial score (nSPS) is 27.6. The van der Waals surface area contributed by atoms with Gasteiger partial charge in [-0.15, -0.1) is 0 Å². The van der Waals surface area contributed by atoms with Crippen LogP contribution < -0.4 is 5.32 Å². The fourth-order valence-corrected chi connectivity index (χ4v) is 1.94. The first kappa shape index (κ1) is 12.9. The van der Waals surface area contributed by atoms with Crippen molar-refractivity contribution in [3.05, 3.63) is 0 Å². The third-order valence-corrected chi connectivity index (χ3v) is 2.97. The van der Waals surface area contributed by atoms with Gasteiger partial charge in [-0.1, -0.05) is 13.8 Å². The number of nitrogens with one attached hydrogen (secondary N) is 1. The monoisotopic (exact) mass is 217 g/mol. The van der Waals surface area contributed by atoms with Crippen LogP contribution in [0.3, 0.4) is 0 Å². The number of hydrogen-bond donors (Lipinski definition) is 3. The third kappa shape index (κ3) is 4.07. The largest absolute Gasteiger partial charge is 0.395 e. The van der Waals surface area contributed by atoms with Crippen LogP contribution in [-0.4, -0.2) is 48.2 Å². The van der Waals surface area contributed by atoms with Crippen LogP contribution in [0, 0.1) is 5.92 Å². The smallest absolute Gasteiger partial charge is 0.0612 e. The van der Waals surface area contributed by atoms with Gasteiger partial charge in [0.25, 0.3) is 0 Å². The molecule has 0 aromatic carbocycles. The van der Waals surface area contributed by atoms with Gasteiger partial charge in [0.15, 0.2) is 0 Å². The highest BCUT2D eigenvalue weighted by Crippen LogP contribution is 2.20. The van der Waals surface area contributed by atoms with Crippen molar-refractivity contribution in [1.82, 2.24) is 5.32 Å². The number of rotatable bonds is 5. The summed E-state index contributed by atoms with van der Waals surface area (Å²) in [6, 6.07) is 0.163. The maximum atomic E-state index is 8.98. The van der Waals surface area contributed by atoms with Crippen LogP contribution in [0.2, 0.25) is 0 Å². The van der Waals surface area contributed by atoms with E-state index in [1.54, 1.807) is 0 Å². The molecule has 1 rings (SSSR count). The summed E-state index contributed by atoms with van der Waals surface area (Å²) in [5.41, 5.74) is 0. The molecule has 1 saturated heterocycles. The molecule has 1 fully saturated rings. The highest BCUT2D eigenvalue weighted by molar-refractivity contribution is 4.81. The summed E-state index contributed by atoms with van der Waals surface area (Å²) >= 11 is 0. The topological polar surface area (TPSA) is 61.7 Å². The summed E-state index contributed by atoms with van der Waals surface area (Å²) in [6.45, 7) is 5.05. The summed E-state index contributed by atoms with van der Waals surface area (Å²) < 4.78 is 5.65. The Bertz CT molecular complexity index is 169. The van der Waals surface area contributed by atoms with Gasteiger partial charge in [-0.2, -0.15) is 0 Å². The van der Waals surface area contributed by atoms with Gasteiger partial charge in [-0.05, 0) is 18.8 Å². The Morgan fingerprint density at radius 2 is 2.00 bits per heavy atom. The summed E-state index contributed by atoms with van der Waals surface area (Å²) in [7, 11) is 0. The van der Waals surface area contributed by atoms with Crippen molar-refractivity contribution >= 4 is 0 Å². The molecule has 3 N–H and O–H groups in total. The van der Waals surface area contributed by atoms with Gasteiger partial charge < -0.3 is 20.3 Å². The van der Waals surface area contributed by atoms with Crippen LogP contribution in [0.25, 0.3) is 0 Å². The minimum absolute atomic E-state index is 0.0137. The molecule has 0 radical (unpaired) electrons. The van der Waals surface area contributed by atoms with E-state index in [1.165, 1.54) is 0 Å². The molecule has 0 bridgehead atoms. The van der Waals surface area contributed by atoms with Crippen LogP contribution in [0.4, 0.5) is 0 Å². The minimum atomic E-state index is -0.194. The second kappa shape index (κ2) is 6.43. The van der Waals surface area contributed by atoms with E-state index in [1.807, 2.05) is 0 Å². The standard InChI is InChI=1S/C11H23NO3/c1-8(2)11-5-9(3-4-15-11)12-10(6-13)7-14/h8-14H,3-7H2,1-2H3. The second-order valence-corrected chi connectivity index (χ2v) is 4.60. The summed E-state index contributed by atoms with van der Waals surface area (Å²) in [6.07, 6.45) is 2.22. The van der Waals surface area contributed by atoms with Crippen LogP contribution in [-0.2, 0) is 4.74 Å². The minimum Gasteiger partial charge on any atom is -0.395 e. The van der Waals surface area contributed by atoms with E-state index in [4.69, 9.17) is 14.9 Å². The van der Waals surface area contributed by atoms with Crippen molar-refractivity contribution in [3.8, 4) is 0 Å². The lowest BCUT2D eigenvalue weighted by atomic mass is 9.95. The van der Waals surface area contributed by atoms with Crippen molar-refractivity contribution in [2.75, 3.05) is 19.8 Å². The zero-order valence-corrected chi connectivity index (χ0v) is 9.65. The first-order valence-electron chi connectivity index (χ1n) is 5.76. The molecule has 0 amide bonds. The van der Waals surface area contributed by atoms with Gasteiger partial charge in [0.1, 0.15) is 0 Å². The van der Waals surface area contributed by atoms with Crippen molar-refractivity contribution in [3.63, 3.8) is 0 Å². The molecule has 0 spiro atoms.